The summed E-state index contributed by atoms with van der Waals surface area (Å²) in [6.45, 7) is 0. The molecule has 4 rings (SSSR count). The van der Waals surface area contributed by atoms with E-state index < -0.39 is 11.2 Å². The number of aromatic nitrogens is 5. The molecule has 2 aromatic heterocycles. The van der Waals surface area contributed by atoms with Gasteiger partial charge in [0.05, 0.1) is 0 Å². The molecule has 1 aliphatic rings. The van der Waals surface area contributed by atoms with Gasteiger partial charge in [-0.2, -0.15) is 5.26 Å². The summed E-state index contributed by atoms with van der Waals surface area (Å²) < 4.78 is 4.16. The van der Waals surface area contributed by atoms with Gasteiger partial charge in [-0.05, 0) is 36.7 Å². The summed E-state index contributed by atoms with van der Waals surface area (Å²) in [6.07, 6.45) is 2.12. The van der Waals surface area contributed by atoms with Crippen molar-refractivity contribution in [2.24, 2.45) is 14.1 Å². The maximum Gasteiger partial charge on any atom is 0.331 e. The highest BCUT2D eigenvalue weighted by Crippen LogP contribution is 2.41. The highest BCUT2D eigenvalue weighted by Gasteiger charge is 2.31. The van der Waals surface area contributed by atoms with Crippen LogP contribution in [0.5, 0.6) is 0 Å². The number of para-hydroxylation sites is 1. The predicted octanol–water partition coefficient (Wildman–Crippen LogP) is 1.56. The Kier molecular flexibility index (Phi) is 4.20. The number of nitriles is 1. The monoisotopic (exact) mass is 380 g/mol. The van der Waals surface area contributed by atoms with Crippen molar-refractivity contribution >= 4 is 11.8 Å². The summed E-state index contributed by atoms with van der Waals surface area (Å²) >= 11 is 1.11. The maximum atomic E-state index is 12.3. The molecule has 27 heavy (non-hydrogen) atoms. The normalized spacial score (nSPS) is 13.5. The van der Waals surface area contributed by atoms with Gasteiger partial charge in [0.1, 0.15) is 22.5 Å². The zero-order valence-corrected chi connectivity index (χ0v) is 15.6. The fourth-order valence-corrected chi connectivity index (χ4v) is 3.90. The third-order valence-corrected chi connectivity index (χ3v) is 5.64. The minimum Gasteiger partial charge on any atom is -0.289 e. The van der Waals surface area contributed by atoms with E-state index in [1.807, 2.05) is 41.0 Å². The van der Waals surface area contributed by atoms with Crippen LogP contribution in [0.25, 0.3) is 5.69 Å². The molecule has 1 aromatic carbocycles. The van der Waals surface area contributed by atoms with Crippen molar-refractivity contribution in [3.63, 3.8) is 0 Å². The molecule has 3 aromatic rings. The first-order valence-corrected chi connectivity index (χ1v) is 9.23. The molecule has 0 bridgehead atoms. The Labute approximate surface area is 158 Å². The molecule has 0 atom stereocenters. The molecule has 0 N–H and O–H groups in total. The van der Waals surface area contributed by atoms with E-state index >= 15 is 0 Å². The van der Waals surface area contributed by atoms with Crippen LogP contribution in [-0.2, 0) is 14.1 Å². The van der Waals surface area contributed by atoms with Crippen molar-refractivity contribution in [2.75, 3.05) is 0 Å². The molecule has 1 aliphatic carbocycles. The van der Waals surface area contributed by atoms with E-state index in [4.69, 9.17) is 0 Å². The van der Waals surface area contributed by atoms with Gasteiger partial charge in [-0.1, -0.05) is 18.2 Å². The molecule has 0 radical (unpaired) electrons. The average Bonchev–Trinajstić information content (AvgIpc) is 3.45. The van der Waals surface area contributed by atoms with Gasteiger partial charge in [0.25, 0.3) is 5.56 Å². The summed E-state index contributed by atoms with van der Waals surface area (Å²) in [5.41, 5.74) is -0.287. The second-order valence-electron chi connectivity index (χ2n) is 6.39. The standard InChI is InChI=1S/C18H16N6O2S/c1-22-15(25)13(10-19)16(23(2)18(22)26)27-17-21-20-14(11-8-9-11)24(17)12-6-4-3-5-7-12/h3-7,11H,8-9H2,1-2H3. The van der Waals surface area contributed by atoms with Crippen LogP contribution in [0, 0.1) is 11.3 Å². The first-order chi connectivity index (χ1) is 13.0. The lowest BCUT2D eigenvalue weighted by atomic mass is 10.3. The summed E-state index contributed by atoms with van der Waals surface area (Å²) in [4.78, 5) is 24.6. The molecule has 0 amide bonds. The Morgan fingerprint density at radius 2 is 1.81 bits per heavy atom. The van der Waals surface area contributed by atoms with E-state index in [1.54, 1.807) is 0 Å². The molecule has 0 unspecified atom stereocenters. The van der Waals surface area contributed by atoms with Gasteiger partial charge >= 0.3 is 5.69 Å². The molecule has 2 heterocycles. The summed E-state index contributed by atoms with van der Waals surface area (Å²) in [6, 6.07) is 11.6. The third-order valence-electron chi connectivity index (χ3n) is 4.53. The fourth-order valence-electron chi connectivity index (χ4n) is 2.90. The molecule has 0 aliphatic heterocycles. The van der Waals surface area contributed by atoms with Crippen molar-refractivity contribution in [1.29, 1.82) is 5.26 Å². The number of rotatable bonds is 4. The average molecular weight is 380 g/mol. The molecular formula is C18H16N6O2S. The Bertz CT molecular complexity index is 1180. The lowest BCUT2D eigenvalue weighted by Gasteiger charge is -2.13. The highest BCUT2D eigenvalue weighted by molar-refractivity contribution is 7.99. The van der Waals surface area contributed by atoms with E-state index in [-0.39, 0.29) is 10.6 Å². The van der Waals surface area contributed by atoms with Crippen molar-refractivity contribution in [3.8, 4) is 11.8 Å². The van der Waals surface area contributed by atoms with Crippen molar-refractivity contribution in [1.82, 2.24) is 23.9 Å². The van der Waals surface area contributed by atoms with Crippen LogP contribution in [0.4, 0.5) is 0 Å². The fraction of sp³-hybridized carbons (Fsp3) is 0.278. The number of hydrogen-bond acceptors (Lipinski definition) is 6. The zero-order chi connectivity index (χ0) is 19.1. The van der Waals surface area contributed by atoms with E-state index in [0.29, 0.717) is 11.1 Å². The predicted molar refractivity (Wildman–Crippen MR) is 99.1 cm³/mol. The van der Waals surface area contributed by atoms with Crippen LogP contribution < -0.4 is 11.2 Å². The molecule has 0 spiro atoms. The van der Waals surface area contributed by atoms with Gasteiger partial charge < -0.3 is 0 Å². The molecule has 1 fully saturated rings. The van der Waals surface area contributed by atoms with Gasteiger partial charge in [0.15, 0.2) is 0 Å². The number of nitrogens with zero attached hydrogens (tertiary/aromatic N) is 6. The van der Waals surface area contributed by atoms with Gasteiger partial charge in [0, 0.05) is 25.7 Å². The first kappa shape index (κ1) is 17.3. The third kappa shape index (κ3) is 2.88. The van der Waals surface area contributed by atoms with Crippen LogP contribution in [0.1, 0.15) is 30.1 Å². The molecular weight excluding hydrogens is 364 g/mol. The molecule has 8 nitrogen and oxygen atoms in total. The second kappa shape index (κ2) is 6.55. The van der Waals surface area contributed by atoms with Crippen molar-refractivity contribution in [2.45, 2.75) is 28.9 Å². The van der Waals surface area contributed by atoms with E-state index in [2.05, 4.69) is 10.2 Å². The Hall–Kier alpha value is -3.12. The SMILES string of the molecule is Cn1c(Sc2nnc(C3CC3)n2-c2ccccc2)c(C#N)c(=O)n(C)c1=O. The number of benzene rings is 1. The summed E-state index contributed by atoms with van der Waals surface area (Å²) in [5.74, 6) is 1.21. The van der Waals surface area contributed by atoms with Gasteiger partial charge in [-0.25, -0.2) is 4.79 Å². The van der Waals surface area contributed by atoms with Crippen LogP contribution in [0.15, 0.2) is 50.1 Å². The van der Waals surface area contributed by atoms with Crippen LogP contribution in [0.3, 0.4) is 0 Å². The minimum absolute atomic E-state index is 0.0832. The van der Waals surface area contributed by atoms with Gasteiger partial charge in [-0.15, -0.1) is 10.2 Å². The summed E-state index contributed by atoms with van der Waals surface area (Å²) in [5, 5.41) is 18.9. The van der Waals surface area contributed by atoms with E-state index in [0.717, 1.165) is 40.7 Å². The first-order valence-electron chi connectivity index (χ1n) is 8.41. The molecule has 136 valence electrons. The Balaban J connectivity index is 1.90. The summed E-state index contributed by atoms with van der Waals surface area (Å²) in [7, 11) is 2.90. The Morgan fingerprint density at radius 1 is 1.11 bits per heavy atom. The molecule has 1 saturated carbocycles. The second-order valence-corrected chi connectivity index (χ2v) is 7.34. The molecule has 0 saturated heterocycles. The van der Waals surface area contributed by atoms with E-state index in [1.165, 1.54) is 18.7 Å². The largest absolute Gasteiger partial charge is 0.331 e. The van der Waals surface area contributed by atoms with Crippen LogP contribution >= 0.6 is 11.8 Å². The van der Waals surface area contributed by atoms with Crippen molar-refractivity contribution < 1.29 is 0 Å². The lowest BCUT2D eigenvalue weighted by Crippen LogP contribution is -2.39. The minimum atomic E-state index is -0.615. The van der Waals surface area contributed by atoms with Crippen LogP contribution in [-0.4, -0.2) is 23.9 Å². The van der Waals surface area contributed by atoms with E-state index in [9.17, 15) is 14.9 Å². The van der Waals surface area contributed by atoms with Gasteiger partial charge in [-0.3, -0.25) is 18.5 Å². The highest BCUT2D eigenvalue weighted by atomic mass is 32.2. The smallest absolute Gasteiger partial charge is 0.289 e. The topological polar surface area (TPSA) is 98.5 Å². The zero-order valence-electron chi connectivity index (χ0n) is 14.8. The van der Waals surface area contributed by atoms with Gasteiger partial charge in [0.2, 0.25) is 5.16 Å². The number of hydrogen-bond donors (Lipinski definition) is 0. The Morgan fingerprint density at radius 3 is 2.44 bits per heavy atom. The van der Waals surface area contributed by atoms with Crippen molar-refractivity contribution in [3.05, 3.63) is 62.6 Å². The lowest BCUT2D eigenvalue weighted by molar-refractivity contribution is 0.629. The maximum absolute atomic E-state index is 12.3. The molecule has 9 heteroatoms. The quantitative estimate of drug-likeness (QED) is 0.637. The van der Waals surface area contributed by atoms with Crippen LogP contribution in [0.2, 0.25) is 0 Å².